The molecule has 1 aliphatic carbocycles. The van der Waals surface area contributed by atoms with E-state index in [0.717, 1.165) is 77.0 Å². The Hall–Kier alpha value is -2.45. The second kappa shape index (κ2) is 43.3. The van der Waals surface area contributed by atoms with E-state index in [1.54, 1.807) is 0 Å². The number of phosphoric acid groups is 1. The number of carbonyl (C=O) groups excluding carboxylic acids is 2. The molecule has 1 rings (SSSR count). The first kappa shape index (κ1) is 63.6. The standard InChI is InChI=1S/C54H95O13P/c1-3-5-7-9-11-13-15-17-19-21-23-25-27-29-31-33-35-37-39-41-43-48(56)66-46(45-65-68(62,63)67-54-52(60)50(58)49(57)51(59)53(54)61)44-64-47(55)42-40-38-36-34-32-30-28-26-24-22-20-18-16-14-12-10-8-6-4-2/h6,8,12,14,18,20,24,26,30,32,46,49-54,57-61H,3-5,7,9-11,13,15-17,19,21-23,25,27-29,31,33-45H2,1-2H3,(H,62,63)/b8-6+,14-12+,20-18+,26-24+,32-30+/t46-,49?,50+,51?,52?,53?,54?/m1/s1. The van der Waals surface area contributed by atoms with Crippen molar-refractivity contribution in [3.05, 3.63) is 60.8 Å². The molecule has 394 valence electrons. The van der Waals surface area contributed by atoms with Crippen LogP contribution in [0.3, 0.4) is 0 Å². The van der Waals surface area contributed by atoms with Gasteiger partial charge in [-0.1, -0.05) is 203 Å². The molecule has 14 heteroatoms. The van der Waals surface area contributed by atoms with Crippen LogP contribution in [0, 0.1) is 0 Å². The summed E-state index contributed by atoms with van der Waals surface area (Å²) in [4.78, 5) is 35.9. The van der Waals surface area contributed by atoms with Crippen molar-refractivity contribution in [2.75, 3.05) is 13.2 Å². The lowest BCUT2D eigenvalue weighted by Gasteiger charge is -2.41. The summed E-state index contributed by atoms with van der Waals surface area (Å²) in [7, 11) is -5.13. The van der Waals surface area contributed by atoms with Crippen molar-refractivity contribution in [1.82, 2.24) is 0 Å². The molecule has 0 saturated heterocycles. The summed E-state index contributed by atoms with van der Waals surface area (Å²) in [6.07, 6.45) is 41.2. The molecule has 8 atom stereocenters. The van der Waals surface area contributed by atoms with Crippen LogP contribution in [0.15, 0.2) is 60.8 Å². The van der Waals surface area contributed by atoms with Crippen LogP contribution < -0.4 is 0 Å². The maximum Gasteiger partial charge on any atom is 0.472 e. The fourth-order valence-corrected chi connectivity index (χ4v) is 8.88. The summed E-state index contributed by atoms with van der Waals surface area (Å²) in [6.45, 7) is 3.19. The minimum Gasteiger partial charge on any atom is -0.462 e. The van der Waals surface area contributed by atoms with Gasteiger partial charge in [-0.3, -0.25) is 18.6 Å². The minimum atomic E-state index is -5.13. The number of esters is 2. The topological polar surface area (TPSA) is 210 Å². The first-order valence-corrected chi connectivity index (χ1v) is 28.1. The van der Waals surface area contributed by atoms with E-state index in [-0.39, 0.29) is 12.8 Å². The summed E-state index contributed by atoms with van der Waals surface area (Å²) in [5.74, 6) is -1.13. The predicted octanol–water partition coefficient (Wildman–Crippen LogP) is 11.7. The van der Waals surface area contributed by atoms with Crippen LogP contribution in [0.2, 0.25) is 0 Å². The fourth-order valence-electron chi connectivity index (χ4n) is 7.90. The van der Waals surface area contributed by atoms with Crippen LogP contribution in [0.25, 0.3) is 0 Å². The van der Waals surface area contributed by atoms with E-state index < -0.39 is 75.7 Å². The number of aliphatic hydroxyl groups excluding tert-OH is 5. The van der Waals surface area contributed by atoms with Crippen molar-refractivity contribution < 1.29 is 63.1 Å². The zero-order valence-corrected chi connectivity index (χ0v) is 43.0. The van der Waals surface area contributed by atoms with Crippen LogP contribution in [0.5, 0.6) is 0 Å². The molecular formula is C54H95O13P. The van der Waals surface area contributed by atoms with Crippen molar-refractivity contribution in [1.29, 1.82) is 0 Å². The maximum atomic E-state index is 12.9. The Balaban J connectivity index is 2.40. The number of rotatable bonds is 44. The highest BCUT2D eigenvalue weighted by Crippen LogP contribution is 2.47. The van der Waals surface area contributed by atoms with E-state index in [9.17, 15) is 44.6 Å². The number of carbonyl (C=O) groups is 2. The minimum absolute atomic E-state index is 0.0904. The molecule has 0 radical (unpaired) electrons. The lowest BCUT2D eigenvalue weighted by Crippen LogP contribution is -2.64. The molecule has 0 heterocycles. The number of ether oxygens (including phenoxy) is 2. The SMILES string of the molecule is CC/C=C/C/C=C/C/C=C/C/C=C/C/C=C/CCCCCC(=O)OC[C@H](COP(=O)(O)OC1C(O)C(O)C(O)[C@H](O)C1O)OC(=O)CCCCCCCCCCCCCCCCCCCCCC. The van der Waals surface area contributed by atoms with E-state index in [0.29, 0.717) is 12.8 Å². The number of unbranched alkanes of at least 4 members (excludes halogenated alkanes) is 22. The summed E-state index contributed by atoms with van der Waals surface area (Å²) in [5.41, 5.74) is 0. The first-order valence-electron chi connectivity index (χ1n) is 26.6. The van der Waals surface area contributed by atoms with E-state index in [1.807, 2.05) is 0 Å². The molecule has 1 fully saturated rings. The molecule has 0 aromatic heterocycles. The number of aliphatic hydroxyl groups is 5. The van der Waals surface area contributed by atoms with E-state index >= 15 is 0 Å². The summed E-state index contributed by atoms with van der Waals surface area (Å²) >= 11 is 0. The molecule has 0 spiro atoms. The Kier molecular flexibility index (Phi) is 40.5. The molecule has 0 bridgehead atoms. The van der Waals surface area contributed by atoms with Gasteiger partial charge in [-0.05, 0) is 57.8 Å². The van der Waals surface area contributed by atoms with Crippen LogP contribution in [-0.4, -0.2) is 98.3 Å². The third-order valence-corrected chi connectivity index (χ3v) is 13.1. The highest BCUT2D eigenvalue weighted by molar-refractivity contribution is 7.47. The van der Waals surface area contributed by atoms with Crippen molar-refractivity contribution >= 4 is 19.8 Å². The predicted molar refractivity (Wildman–Crippen MR) is 272 cm³/mol. The van der Waals surface area contributed by atoms with Gasteiger partial charge in [0.2, 0.25) is 0 Å². The molecular weight excluding hydrogens is 888 g/mol. The zero-order chi connectivity index (χ0) is 49.9. The molecule has 6 unspecified atom stereocenters. The molecule has 0 amide bonds. The lowest BCUT2D eigenvalue weighted by atomic mass is 9.85. The number of allylic oxidation sites excluding steroid dienone is 10. The van der Waals surface area contributed by atoms with Gasteiger partial charge in [-0.25, -0.2) is 4.57 Å². The van der Waals surface area contributed by atoms with Gasteiger partial charge in [0, 0.05) is 12.8 Å². The Bertz CT molecular complexity index is 1420. The summed E-state index contributed by atoms with van der Waals surface area (Å²) in [5, 5.41) is 50.3. The van der Waals surface area contributed by atoms with Crippen molar-refractivity contribution in [3.8, 4) is 0 Å². The van der Waals surface area contributed by atoms with Gasteiger partial charge in [0.05, 0.1) is 6.61 Å². The molecule has 68 heavy (non-hydrogen) atoms. The van der Waals surface area contributed by atoms with E-state index in [2.05, 4.69) is 74.6 Å². The van der Waals surface area contributed by atoms with Crippen LogP contribution in [-0.2, 0) is 32.7 Å². The number of phosphoric ester groups is 1. The summed E-state index contributed by atoms with van der Waals surface area (Å²) < 4.78 is 33.6. The Labute approximate surface area is 411 Å². The Morgan fingerprint density at radius 2 is 0.838 bits per heavy atom. The number of hydrogen-bond donors (Lipinski definition) is 6. The van der Waals surface area contributed by atoms with Gasteiger partial charge < -0.3 is 39.9 Å². The number of hydrogen-bond acceptors (Lipinski definition) is 12. The molecule has 0 aromatic carbocycles. The summed E-state index contributed by atoms with van der Waals surface area (Å²) in [6, 6.07) is 0. The molecule has 6 N–H and O–H groups in total. The monoisotopic (exact) mass is 983 g/mol. The third kappa shape index (κ3) is 34.8. The average molecular weight is 983 g/mol. The van der Waals surface area contributed by atoms with Crippen molar-refractivity contribution in [3.63, 3.8) is 0 Å². The second-order valence-corrected chi connectivity index (χ2v) is 19.8. The lowest BCUT2D eigenvalue weighted by molar-refractivity contribution is -0.220. The smallest absolute Gasteiger partial charge is 0.462 e. The van der Waals surface area contributed by atoms with Gasteiger partial charge in [0.1, 0.15) is 43.2 Å². The highest BCUT2D eigenvalue weighted by Gasteiger charge is 2.51. The zero-order valence-electron chi connectivity index (χ0n) is 42.1. The van der Waals surface area contributed by atoms with Gasteiger partial charge in [0.15, 0.2) is 6.10 Å². The molecule has 1 saturated carbocycles. The quantitative estimate of drug-likeness (QED) is 0.0145. The van der Waals surface area contributed by atoms with Crippen LogP contribution >= 0.6 is 7.82 Å². The highest BCUT2D eigenvalue weighted by atomic mass is 31.2. The van der Waals surface area contributed by atoms with Crippen LogP contribution in [0.4, 0.5) is 0 Å². The van der Waals surface area contributed by atoms with E-state index in [1.165, 1.54) is 96.3 Å². The molecule has 0 aliphatic heterocycles. The first-order chi connectivity index (χ1) is 32.9. The third-order valence-electron chi connectivity index (χ3n) is 12.1. The van der Waals surface area contributed by atoms with Crippen molar-refractivity contribution in [2.24, 2.45) is 0 Å². The van der Waals surface area contributed by atoms with E-state index in [4.69, 9.17) is 18.5 Å². The van der Waals surface area contributed by atoms with Crippen LogP contribution in [0.1, 0.15) is 213 Å². The van der Waals surface area contributed by atoms with Crippen molar-refractivity contribution in [2.45, 2.75) is 256 Å². The van der Waals surface area contributed by atoms with Gasteiger partial charge in [0.25, 0.3) is 0 Å². The maximum absolute atomic E-state index is 12.9. The second-order valence-electron chi connectivity index (χ2n) is 18.4. The normalized spacial score (nSPS) is 21.5. The Morgan fingerprint density at radius 3 is 1.28 bits per heavy atom. The molecule has 1 aliphatic rings. The largest absolute Gasteiger partial charge is 0.472 e. The van der Waals surface area contributed by atoms with Gasteiger partial charge in [-0.2, -0.15) is 0 Å². The molecule has 0 aromatic rings. The molecule has 13 nitrogen and oxygen atoms in total. The van der Waals surface area contributed by atoms with Gasteiger partial charge in [-0.15, -0.1) is 0 Å². The fraction of sp³-hybridized carbons (Fsp3) is 0.778. The average Bonchev–Trinajstić information content (AvgIpc) is 3.32. The Morgan fingerprint density at radius 1 is 0.471 bits per heavy atom. The van der Waals surface area contributed by atoms with Gasteiger partial charge >= 0.3 is 19.8 Å².